The number of aliphatic hydroxyl groups excluding tert-OH is 1. The van der Waals surface area contributed by atoms with Crippen molar-refractivity contribution < 1.29 is 19.0 Å². The maximum absolute atomic E-state index is 13.4. The molecule has 166 valence electrons. The van der Waals surface area contributed by atoms with Crippen LogP contribution in [0.1, 0.15) is 42.6 Å². The minimum atomic E-state index is -0.946. The van der Waals surface area contributed by atoms with Crippen LogP contribution in [0.5, 0.6) is 0 Å². The Balaban J connectivity index is 1.51. The Morgan fingerprint density at radius 1 is 1.12 bits per heavy atom. The minimum absolute atomic E-state index is 0.129. The summed E-state index contributed by atoms with van der Waals surface area (Å²) in [6.07, 6.45) is 2.15. The molecule has 1 aliphatic heterocycles. The fourth-order valence-electron chi connectivity index (χ4n) is 4.34. The molecule has 4 rings (SSSR count). The number of benzene rings is 2. The van der Waals surface area contributed by atoms with Crippen LogP contribution < -0.4 is 0 Å². The number of amides is 1. The fraction of sp³-hybridized carbons (Fsp3) is 0.308. The van der Waals surface area contributed by atoms with Crippen LogP contribution in [0.25, 0.3) is 11.1 Å². The lowest BCUT2D eigenvalue weighted by atomic mass is 9.85. The molecule has 2 aromatic carbocycles. The van der Waals surface area contributed by atoms with Gasteiger partial charge in [-0.25, -0.2) is 9.18 Å². The van der Waals surface area contributed by atoms with E-state index in [2.05, 4.69) is 4.98 Å². The summed E-state index contributed by atoms with van der Waals surface area (Å²) >= 11 is 0. The highest BCUT2D eigenvalue weighted by Crippen LogP contribution is 2.39. The maximum Gasteiger partial charge on any atom is 0.411 e. The van der Waals surface area contributed by atoms with E-state index in [-0.39, 0.29) is 24.9 Å². The number of aliphatic hydroxyl groups is 1. The van der Waals surface area contributed by atoms with E-state index in [9.17, 15) is 14.3 Å². The van der Waals surface area contributed by atoms with Gasteiger partial charge in [0.1, 0.15) is 11.4 Å². The zero-order valence-corrected chi connectivity index (χ0v) is 18.3. The number of aryl methyl sites for hydroxylation is 1. The number of hydrogen-bond acceptors (Lipinski definition) is 4. The van der Waals surface area contributed by atoms with Gasteiger partial charge in [0.05, 0.1) is 6.04 Å². The lowest BCUT2D eigenvalue weighted by molar-refractivity contribution is -0.0718. The molecule has 0 saturated carbocycles. The van der Waals surface area contributed by atoms with Crippen molar-refractivity contribution in [3.63, 3.8) is 0 Å². The predicted molar refractivity (Wildman–Crippen MR) is 120 cm³/mol. The molecular weight excluding hydrogens is 407 g/mol. The normalized spacial score (nSPS) is 19.5. The third kappa shape index (κ3) is 4.36. The van der Waals surface area contributed by atoms with Crippen molar-refractivity contribution >= 4 is 6.09 Å². The molecule has 2 heterocycles. The van der Waals surface area contributed by atoms with Gasteiger partial charge >= 0.3 is 6.09 Å². The first-order valence-electron chi connectivity index (χ1n) is 10.8. The number of ether oxygens (including phenoxy) is 1. The van der Waals surface area contributed by atoms with E-state index in [1.54, 1.807) is 23.2 Å². The summed E-state index contributed by atoms with van der Waals surface area (Å²) in [4.78, 5) is 18.9. The SMILES string of the molecule is Cc1cc(-c2ccc([C@H](C)N3CCC(CCO)(c4ccc(F)cc4)OC3=O)cc2)ccn1. The van der Waals surface area contributed by atoms with Gasteiger partial charge in [-0.05, 0) is 60.4 Å². The molecule has 1 saturated heterocycles. The summed E-state index contributed by atoms with van der Waals surface area (Å²) in [5.74, 6) is -0.351. The molecule has 3 aromatic rings. The first-order chi connectivity index (χ1) is 15.4. The molecule has 1 unspecified atom stereocenters. The zero-order chi connectivity index (χ0) is 22.7. The van der Waals surface area contributed by atoms with Crippen molar-refractivity contribution in [2.75, 3.05) is 13.2 Å². The maximum atomic E-state index is 13.4. The molecule has 1 fully saturated rings. The summed E-state index contributed by atoms with van der Waals surface area (Å²) in [5, 5.41) is 9.59. The van der Waals surface area contributed by atoms with E-state index in [1.165, 1.54) is 12.1 Å². The van der Waals surface area contributed by atoms with Crippen molar-refractivity contribution in [1.82, 2.24) is 9.88 Å². The second-order valence-electron chi connectivity index (χ2n) is 8.27. The van der Waals surface area contributed by atoms with E-state index in [0.717, 1.165) is 22.4 Å². The highest BCUT2D eigenvalue weighted by Gasteiger charge is 2.43. The molecular formula is C26H27FN2O3. The Kier molecular flexibility index (Phi) is 6.24. The number of halogens is 1. The van der Waals surface area contributed by atoms with E-state index in [0.29, 0.717) is 18.5 Å². The van der Waals surface area contributed by atoms with Crippen LogP contribution in [0.3, 0.4) is 0 Å². The number of carbonyl (C=O) groups is 1. The second-order valence-corrected chi connectivity index (χ2v) is 8.27. The third-order valence-corrected chi connectivity index (χ3v) is 6.25. The minimum Gasteiger partial charge on any atom is -0.438 e. The van der Waals surface area contributed by atoms with Gasteiger partial charge in [0.2, 0.25) is 0 Å². The van der Waals surface area contributed by atoms with Crippen molar-refractivity contribution in [2.45, 2.75) is 38.3 Å². The highest BCUT2D eigenvalue weighted by molar-refractivity contribution is 5.70. The van der Waals surface area contributed by atoms with Crippen LogP contribution in [0, 0.1) is 12.7 Å². The average molecular weight is 435 g/mol. The molecule has 0 bridgehead atoms. The van der Waals surface area contributed by atoms with Crippen LogP contribution in [-0.2, 0) is 10.3 Å². The molecule has 1 amide bonds. The standard InChI is InChI=1S/C26H27FN2O3/c1-18-17-22(11-14-28-18)21-5-3-20(4-6-21)19(2)29-15-12-26(13-16-30,32-25(29)31)23-7-9-24(27)10-8-23/h3-11,14,17,19,30H,12-13,15-16H2,1-2H3/t19-,26?/m0/s1. The van der Waals surface area contributed by atoms with Crippen LogP contribution in [0.4, 0.5) is 9.18 Å². The Morgan fingerprint density at radius 3 is 2.47 bits per heavy atom. The summed E-state index contributed by atoms with van der Waals surface area (Å²) in [7, 11) is 0. The van der Waals surface area contributed by atoms with Crippen molar-refractivity contribution in [1.29, 1.82) is 0 Å². The first kappa shape index (κ1) is 22.0. The lowest BCUT2D eigenvalue weighted by Gasteiger charge is -2.43. The summed E-state index contributed by atoms with van der Waals surface area (Å²) in [6.45, 7) is 4.29. The number of aromatic nitrogens is 1. The van der Waals surface area contributed by atoms with Gasteiger partial charge in [-0.1, -0.05) is 36.4 Å². The van der Waals surface area contributed by atoms with E-state index in [4.69, 9.17) is 4.74 Å². The first-order valence-corrected chi connectivity index (χ1v) is 10.8. The number of carbonyl (C=O) groups excluding carboxylic acids is 1. The molecule has 6 heteroatoms. The predicted octanol–water partition coefficient (Wildman–Crippen LogP) is 5.38. The smallest absolute Gasteiger partial charge is 0.411 e. The Bertz CT molecular complexity index is 1080. The van der Waals surface area contributed by atoms with Gasteiger partial charge < -0.3 is 14.7 Å². The molecule has 1 aromatic heterocycles. The second kappa shape index (κ2) is 9.09. The quantitative estimate of drug-likeness (QED) is 0.566. The average Bonchev–Trinajstić information content (AvgIpc) is 2.79. The van der Waals surface area contributed by atoms with Crippen molar-refractivity contribution in [3.8, 4) is 11.1 Å². The van der Waals surface area contributed by atoms with Crippen LogP contribution >= 0.6 is 0 Å². The van der Waals surface area contributed by atoms with E-state index >= 15 is 0 Å². The topological polar surface area (TPSA) is 62.7 Å². The Hall–Kier alpha value is -3.25. The third-order valence-electron chi connectivity index (χ3n) is 6.25. The number of hydrogen-bond donors (Lipinski definition) is 1. The van der Waals surface area contributed by atoms with Crippen LogP contribution in [0.2, 0.25) is 0 Å². The zero-order valence-electron chi connectivity index (χ0n) is 18.3. The van der Waals surface area contributed by atoms with Crippen LogP contribution in [-0.4, -0.2) is 34.2 Å². The monoisotopic (exact) mass is 434 g/mol. The van der Waals surface area contributed by atoms with Gasteiger partial charge in [-0.2, -0.15) is 0 Å². The van der Waals surface area contributed by atoms with Gasteiger partial charge in [0, 0.05) is 37.9 Å². The summed E-state index contributed by atoms with van der Waals surface area (Å²) in [6, 6.07) is 17.9. The van der Waals surface area contributed by atoms with Crippen molar-refractivity contribution in [3.05, 3.63) is 89.5 Å². The number of rotatable bonds is 6. The molecule has 0 spiro atoms. The Labute approximate surface area is 187 Å². The van der Waals surface area contributed by atoms with Gasteiger partial charge in [-0.15, -0.1) is 0 Å². The molecule has 0 radical (unpaired) electrons. The number of cyclic esters (lactones) is 1. The van der Waals surface area contributed by atoms with E-state index in [1.807, 2.05) is 50.2 Å². The highest BCUT2D eigenvalue weighted by atomic mass is 19.1. The van der Waals surface area contributed by atoms with Gasteiger partial charge in [0.25, 0.3) is 0 Å². The molecule has 2 atom stereocenters. The lowest BCUT2D eigenvalue weighted by Crippen LogP contribution is -2.49. The number of pyridine rings is 1. The molecule has 1 aliphatic rings. The van der Waals surface area contributed by atoms with Crippen LogP contribution in [0.15, 0.2) is 66.9 Å². The largest absolute Gasteiger partial charge is 0.438 e. The molecule has 0 aliphatic carbocycles. The van der Waals surface area contributed by atoms with Gasteiger partial charge in [-0.3, -0.25) is 4.98 Å². The van der Waals surface area contributed by atoms with Gasteiger partial charge in [0.15, 0.2) is 0 Å². The van der Waals surface area contributed by atoms with E-state index < -0.39 is 11.7 Å². The molecule has 1 N–H and O–H groups in total. The molecule has 32 heavy (non-hydrogen) atoms. The summed E-state index contributed by atoms with van der Waals surface area (Å²) in [5.41, 5.74) is 3.91. The Morgan fingerprint density at radius 2 is 1.84 bits per heavy atom. The molecule has 5 nitrogen and oxygen atoms in total. The number of nitrogens with zero attached hydrogens (tertiary/aromatic N) is 2. The van der Waals surface area contributed by atoms with Crippen molar-refractivity contribution in [2.24, 2.45) is 0 Å². The summed E-state index contributed by atoms with van der Waals surface area (Å²) < 4.78 is 19.3. The fourth-order valence-corrected chi connectivity index (χ4v) is 4.34.